The van der Waals surface area contributed by atoms with Crippen molar-refractivity contribution in [2.24, 2.45) is 17.1 Å². The van der Waals surface area contributed by atoms with Crippen LogP contribution in [0.15, 0.2) is 18.2 Å². The Hall–Kier alpha value is -0.600. The summed E-state index contributed by atoms with van der Waals surface area (Å²) in [5.41, 5.74) is 7.16. The van der Waals surface area contributed by atoms with Crippen LogP contribution in [0, 0.1) is 17.2 Å². The van der Waals surface area contributed by atoms with Crippen LogP contribution < -0.4 is 5.73 Å². The zero-order chi connectivity index (χ0) is 14.3. The van der Waals surface area contributed by atoms with Crippen LogP contribution in [0.4, 0.5) is 4.39 Å². The summed E-state index contributed by atoms with van der Waals surface area (Å²) < 4.78 is 13.9. The third kappa shape index (κ3) is 3.70. The number of hydrogen-bond donors (Lipinski definition) is 1. The van der Waals surface area contributed by atoms with E-state index in [1.807, 2.05) is 0 Å². The lowest BCUT2D eigenvalue weighted by atomic mass is 9.63. The van der Waals surface area contributed by atoms with Crippen LogP contribution in [0.25, 0.3) is 0 Å². The molecule has 0 aromatic heterocycles. The van der Waals surface area contributed by atoms with Crippen LogP contribution in [-0.2, 0) is 6.42 Å². The molecule has 2 unspecified atom stereocenters. The van der Waals surface area contributed by atoms with Gasteiger partial charge in [0.2, 0.25) is 0 Å². The standard InChI is InChI=1S/C16H23ClFN/c1-11-7-15(2,3)10-16(19,8-11)9-12-4-5-13(17)6-14(12)18/h4-6,11H,7-10,19H2,1-3H3. The fourth-order valence-corrected chi connectivity index (χ4v) is 4.14. The lowest BCUT2D eigenvalue weighted by molar-refractivity contribution is 0.107. The summed E-state index contributed by atoms with van der Waals surface area (Å²) in [6.07, 6.45) is 3.67. The van der Waals surface area contributed by atoms with Crippen molar-refractivity contribution in [2.45, 2.75) is 52.0 Å². The molecule has 2 N–H and O–H groups in total. The second-order valence-corrected chi connectivity index (χ2v) is 7.57. The molecular formula is C16H23ClFN. The molecule has 1 saturated carbocycles. The molecule has 0 bridgehead atoms. The Balaban J connectivity index is 2.21. The van der Waals surface area contributed by atoms with Gasteiger partial charge in [0.25, 0.3) is 0 Å². The van der Waals surface area contributed by atoms with E-state index in [1.165, 1.54) is 12.5 Å². The van der Waals surface area contributed by atoms with Gasteiger partial charge in [-0.25, -0.2) is 4.39 Å². The van der Waals surface area contributed by atoms with Gasteiger partial charge in [-0.1, -0.05) is 38.4 Å². The van der Waals surface area contributed by atoms with Crippen LogP contribution >= 0.6 is 11.6 Å². The molecule has 1 aliphatic rings. The molecule has 0 heterocycles. The second-order valence-electron chi connectivity index (χ2n) is 7.13. The third-order valence-corrected chi connectivity index (χ3v) is 4.28. The summed E-state index contributed by atoms with van der Waals surface area (Å²) in [5.74, 6) is 0.345. The van der Waals surface area contributed by atoms with E-state index in [0.29, 0.717) is 22.9 Å². The Bertz CT molecular complexity index is 472. The topological polar surface area (TPSA) is 26.0 Å². The van der Waals surface area contributed by atoms with Gasteiger partial charge in [-0.05, 0) is 54.7 Å². The number of halogens is 2. The van der Waals surface area contributed by atoms with E-state index in [9.17, 15) is 4.39 Å². The summed E-state index contributed by atoms with van der Waals surface area (Å²) in [6, 6.07) is 4.87. The normalized spacial score (nSPS) is 30.3. The molecule has 2 rings (SSSR count). The van der Waals surface area contributed by atoms with Gasteiger partial charge in [0.05, 0.1) is 0 Å². The SMILES string of the molecule is CC1CC(C)(C)CC(N)(Cc2ccc(Cl)cc2F)C1. The van der Waals surface area contributed by atoms with E-state index >= 15 is 0 Å². The van der Waals surface area contributed by atoms with Gasteiger partial charge >= 0.3 is 0 Å². The molecule has 1 aromatic rings. The van der Waals surface area contributed by atoms with Crippen LogP contribution in [0.2, 0.25) is 5.02 Å². The molecule has 0 aliphatic heterocycles. The highest BCUT2D eigenvalue weighted by Crippen LogP contribution is 2.44. The van der Waals surface area contributed by atoms with Gasteiger partial charge in [0.15, 0.2) is 0 Å². The maximum Gasteiger partial charge on any atom is 0.127 e. The molecule has 0 radical (unpaired) electrons. The van der Waals surface area contributed by atoms with E-state index in [0.717, 1.165) is 12.8 Å². The quantitative estimate of drug-likeness (QED) is 0.846. The number of nitrogens with two attached hydrogens (primary N) is 1. The van der Waals surface area contributed by atoms with Crippen molar-refractivity contribution in [3.05, 3.63) is 34.6 Å². The Morgan fingerprint density at radius 3 is 2.63 bits per heavy atom. The zero-order valence-corrected chi connectivity index (χ0v) is 12.7. The first-order chi connectivity index (χ1) is 8.69. The lowest BCUT2D eigenvalue weighted by Gasteiger charge is -2.46. The van der Waals surface area contributed by atoms with Gasteiger partial charge in [0.1, 0.15) is 5.82 Å². The molecule has 1 nitrogen and oxygen atoms in total. The number of benzene rings is 1. The Morgan fingerprint density at radius 2 is 2.05 bits per heavy atom. The predicted molar refractivity (Wildman–Crippen MR) is 78.8 cm³/mol. The summed E-state index contributed by atoms with van der Waals surface area (Å²) in [4.78, 5) is 0. The van der Waals surface area contributed by atoms with Gasteiger partial charge in [-0.15, -0.1) is 0 Å². The van der Waals surface area contributed by atoms with E-state index in [2.05, 4.69) is 20.8 Å². The highest BCUT2D eigenvalue weighted by molar-refractivity contribution is 6.30. The predicted octanol–water partition coefficient (Wildman–Crippen LogP) is 4.57. The van der Waals surface area contributed by atoms with Gasteiger partial charge in [0, 0.05) is 10.6 Å². The second kappa shape index (κ2) is 5.06. The van der Waals surface area contributed by atoms with Crippen LogP contribution in [0.5, 0.6) is 0 Å². The number of hydrogen-bond acceptors (Lipinski definition) is 1. The Kier molecular flexibility index (Phi) is 3.95. The van der Waals surface area contributed by atoms with Crippen molar-refractivity contribution in [2.75, 3.05) is 0 Å². The fraction of sp³-hybridized carbons (Fsp3) is 0.625. The minimum atomic E-state index is -0.310. The minimum Gasteiger partial charge on any atom is -0.325 e. The molecule has 106 valence electrons. The first kappa shape index (κ1) is 14.8. The van der Waals surface area contributed by atoms with E-state index < -0.39 is 0 Å². The first-order valence-electron chi connectivity index (χ1n) is 6.92. The molecule has 3 heteroatoms. The van der Waals surface area contributed by atoms with Crippen molar-refractivity contribution in [1.82, 2.24) is 0 Å². The summed E-state index contributed by atoms with van der Waals surface area (Å²) in [6.45, 7) is 6.74. The zero-order valence-electron chi connectivity index (χ0n) is 12.0. The van der Waals surface area contributed by atoms with Crippen molar-refractivity contribution < 1.29 is 4.39 Å². The van der Waals surface area contributed by atoms with E-state index in [4.69, 9.17) is 17.3 Å². The summed E-state index contributed by atoms with van der Waals surface area (Å²) in [7, 11) is 0. The minimum absolute atomic E-state index is 0.231. The molecule has 1 aliphatic carbocycles. The van der Waals surface area contributed by atoms with E-state index in [-0.39, 0.29) is 16.8 Å². The highest BCUT2D eigenvalue weighted by atomic mass is 35.5. The number of rotatable bonds is 2. The molecule has 19 heavy (non-hydrogen) atoms. The van der Waals surface area contributed by atoms with Crippen LogP contribution in [-0.4, -0.2) is 5.54 Å². The van der Waals surface area contributed by atoms with Crippen molar-refractivity contribution >= 4 is 11.6 Å². The molecule has 1 fully saturated rings. The van der Waals surface area contributed by atoms with Crippen molar-refractivity contribution in [1.29, 1.82) is 0 Å². The van der Waals surface area contributed by atoms with Crippen LogP contribution in [0.3, 0.4) is 0 Å². The summed E-state index contributed by atoms with van der Waals surface area (Å²) in [5, 5.41) is 0.435. The first-order valence-corrected chi connectivity index (χ1v) is 7.30. The lowest BCUT2D eigenvalue weighted by Crippen LogP contribution is -2.50. The van der Waals surface area contributed by atoms with Gasteiger partial charge < -0.3 is 5.73 Å². The molecule has 0 saturated heterocycles. The maximum atomic E-state index is 13.9. The van der Waals surface area contributed by atoms with Crippen molar-refractivity contribution in [3.63, 3.8) is 0 Å². The average Bonchev–Trinajstić information content (AvgIpc) is 2.18. The van der Waals surface area contributed by atoms with Gasteiger partial charge in [-0.3, -0.25) is 0 Å². The molecular weight excluding hydrogens is 261 g/mol. The third-order valence-electron chi connectivity index (χ3n) is 4.04. The average molecular weight is 284 g/mol. The van der Waals surface area contributed by atoms with Crippen LogP contribution in [0.1, 0.15) is 45.6 Å². The fourth-order valence-electron chi connectivity index (χ4n) is 3.99. The maximum absolute atomic E-state index is 13.9. The smallest absolute Gasteiger partial charge is 0.127 e. The summed E-state index contributed by atoms with van der Waals surface area (Å²) >= 11 is 5.79. The van der Waals surface area contributed by atoms with Crippen molar-refractivity contribution in [3.8, 4) is 0 Å². The molecule has 0 spiro atoms. The molecule has 0 amide bonds. The highest BCUT2D eigenvalue weighted by Gasteiger charge is 2.40. The van der Waals surface area contributed by atoms with E-state index in [1.54, 1.807) is 12.1 Å². The Morgan fingerprint density at radius 1 is 1.37 bits per heavy atom. The molecule has 1 aromatic carbocycles. The monoisotopic (exact) mass is 283 g/mol. The largest absolute Gasteiger partial charge is 0.325 e. The Labute approximate surface area is 120 Å². The van der Waals surface area contributed by atoms with Gasteiger partial charge in [-0.2, -0.15) is 0 Å². The molecule has 2 atom stereocenters.